The van der Waals surface area contributed by atoms with Crippen LogP contribution in [0.3, 0.4) is 0 Å². The quantitative estimate of drug-likeness (QED) is 0.748. The minimum Gasteiger partial charge on any atom is -0.349 e. The fourth-order valence-electron chi connectivity index (χ4n) is 3.08. The van der Waals surface area contributed by atoms with Crippen molar-refractivity contribution in [2.24, 2.45) is 0 Å². The van der Waals surface area contributed by atoms with Crippen LogP contribution in [0.15, 0.2) is 29.9 Å². The van der Waals surface area contributed by atoms with E-state index in [1.54, 1.807) is 23.7 Å². The predicted octanol–water partition coefficient (Wildman–Crippen LogP) is 2.50. The molecule has 0 radical (unpaired) electrons. The Kier molecular flexibility index (Phi) is 5.01. The molecule has 0 aromatic carbocycles. The van der Waals surface area contributed by atoms with Gasteiger partial charge in [0.1, 0.15) is 10.8 Å². The van der Waals surface area contributed by atoms with E-state index in [0.717, 1.165) is 47.9 Å². The Hall–Kier alpha value is -2.61. The van der Waals surface area contributed by atoms with Crippen molar-refractivity contribution in [1.29, 1.82) is 0 Å². The average molecular weight is 368 g/mol. The summed E-state index contributed by atoms with van der Waals surface area (Å²) in [7, 11) is 0. The number of aryl methyl sites for hydroxylation is 1. The molecule has 0 atom stereocenters. The monoisotopic (exact) mass is 368 g/mol. The summed E-state index contributed by atoms with van der Waals surface area (Å²) >= 11 is 1.59. The van der Waals surface area contributed by atoms with Crippen molar-refractivity contribution in [3.05, 3.63) is 47.2 Å². The van der Waals surface area contributed by atoms with E-state index in [1.165, 1.54) is 6.42 Å². The maximum absolute atomic E-state index is 12.4. The van der Waals surface area contributed by atoms with E-state index in [-0.39, 0.29) is 5.91 Å². The summed E-state index contributed by atoms with van der Waals surface area (Å²) in [6.45, 7) is 1.35. The number of nitrogens with one attached hydrogen (secondary N) is 1. The number of fused-ring (bicyclic) bond motifs is 1. The highest BCUT2D eigenvalue weighted by atomic mass is 32.1. The molecule has 1 aliphatic heterocycles. The van der Waals surface area contributed by atoms with Crippen LogP contribution < -0.4 is 5.32 Å². The first-order valence-corrected chi connectivity index (χ1v) is 9.74. The molecule has 1 N–H and O–H groups in total. The van der Waals surface area contributed by atoms with E-state index in [0.29, 0.717) is 18.8 Å². The van der Waals surface area contributed by atoms with Crippen molar-refractivity contribution < 1.29 is 4.79 Å². The fourth-order valence-corrected chi connectivity index (χ4v) is 3.92. The fraction of sp³-hybridized carbons (Fsp3) is 0.389. The number of hydrogen-bond donors (Lipinski definition) is 1. The first kappa shape index (κ1) is 16.8. The van der Waals surface area contributed by atoms with Gasteiger partial charge in [-0.15, -0.1) is 21.5 Å². The largest absolute Gasteiger partial charge is 0.349 e. The van der Waals surface area contributed by atoms with Crippen molar-refractivity contribution in [3.8, 4) is 10.6 Å². The molecule has 0 fully saturated rings. The molecule has 8 heteroatoms. The molecule has 3 aromatic heterocycles. The van der Waals surface area contributed by atoms with E-state index < -0.39 is 0 Å². The molecular formula is C18H20N6OS. The summed E-state index contributed by atoms with van der Waals surface area (Å²) in [5, 5.41) is 14.2. The Labute approximate surface area is 155 Å². The zero-order chi connectivity index (χ0) is 17.8. The molecule has 3 aromatic rings. The summed E-state index contributed by atoms with van der Waals surface area (Å²) in [4.78, 5) is 21.2. The second-order valence-corrected chi connectivity index (χ2v) is 7.15. The van der Waals surface area contributed by atoms with Crippen LogP contribution in [0.2, 0.25) is 0 Å². The molecular weight excluding hydrogens is 348 g/mol. The smallest absolute Gasteiger partial charge is 0.289 e. The highest BCUT2D eigenvalue weighted by Gasteiger charge is 2.19. The van der Waals surface area contributed by atoms with Gasteiger partial charge in [-0.1, -0.05) is 6.42 Å². The molecule has 4 rings (SSSR count). The van der Waals surface area contributed by atoms with Gasteiger partial charge in [0.15, 0.2) is 0 Å². The molecule has 0 bridgehead atoms. The number of carbonyl (C=O) groups is 1. The second-order valence-electron chi connectivity index (χ2n) is 6.29. The van der Waals surface area contributed by atoms with Gasteiger partial charge >= 0.3 is 0 Å². The van der Waals surface area contributed by atoms with E-state index >= 15 is 0 Å². The Morgan fingerprint density at radius 3 is 3.12 bits per heavy atom. The number of hydrogen-bond acceptors (Lipinski definition) is 6. The van der Waals surface area contributed by atoms with Gasteiger partial charge in [0.2, 0.25) is 5.82 Å². The minimum atomic E-state index is -0.159. The molecule has 0 aliphatic carbocycles. The number of rotatable bonds is 5. The highest BCUT2D eigenvalue weighted by Crippen LogP contribution is 2.22. The maximum atomic E-state index is 12.4. The minimum absolute atomic E-state index is 0.159. The van der Waals surface area contributed by atoms with Crippen LogP contribution in [0.4, 0.5) is 0 Å². The van der Waals surface area contributed by atoms with Crippen LogP contribution in [0.5, 0.6) is 0 Å². The van der Waals surface area contributed by atoms with Gasteiger partial charge in [-0.3, -0.25) is 9.78 Å². The molecule has 1 amide bonds. The molecule has 4 heterocycles. The zero-order valence-electron chi connectivity index (χ0n) is 14.4. The Morgan fingerprint density at radius 2 is 2.23 bits per heavy atom. The Bertz CT molecular complexity index is 888. The third-order valence-corrected chi connectivity index (χ3v) is 5.38. The van der Waals surface area contributed by atoms with E-state index in [2.05, 4.69) is 25.5 Å². The van der Waals surface area contributed by atoms with E-state index in [4.69, 9.17) is 0 Å². The zero-order valence-corrected chi connectivity index (χ0v) is 15.2. The molecule has 0 spiro atoms. The highest BCUT2D eigenvalue weighted by molar-refractivity contribution is 7.13. The SMILES string of the molecule is O=C(NCCc1csc(-c2cccnc2)n1)c1nnc2n1CCCCC2. The van der Waals surface area contributed by atoms with Crippen molar-refractivity contribution in [1.82, 2.24) is 30.0 Å². The van der Waals surface area contributed by atoms with Gasteiger partial charge in [0.05, 0.1) is 5.69 Å². The van der Waals surface area contributed by atoms with Crippen LogP contribution in [-0.2, 0) is 19.4 Å². The van der Waals surface area contributed by atoms with Gasteiger partial charge in [-0.25, -0.2) is 4.98 Å². The molecule has 134 valence electrons. The van der Waals surface area contributed by atoms with Crippen LogP contribution >= 0.6 is 11.3 Å². The Balaban J connectivity index is 1.35. The summed E-state index contributed by atoms with van der Waals surface area (Å²) in [5.41, 5.74) is 1.98. The normalized spacial score (nSPS) is 13.8. The average Bonchev–Trinajstić information content (AvgIpc) is 3.24. The lowest BCUT2D eigenvalue weighted by atomic mass is 10.2. The molecule has 0 unspecified atom stereocenters. The lowest BCUT2D eigenvalue weighted by molar-refractivity contribution is 0.0938. The first-order valence-electron chi connectivity index (χ1n) is 8.86. The van der Waals surface area contributed by atoms with Crippen molar-refractivity contribution in [2.45, 2.75) is 38.6 Å². The molecule has 26 heavy (non-hydrogen) atoms. The lowest BCUT2D eigenvalue weighted by Crippen LogP contribution is -2.29. The number of nitrogens with zero attached hydrogens (tertiary/aromatic N) is 5. The third kappa shape index (κ3) is 3.65. The van der Waals surface area contributed by atoms with Gasteiger partial charge in [0, 0.05) is 49.3 Å². The summed E-state index contributed by atoms with van der Waals surface area (Å²) in [6.07, 6.45) is 8.50. The van der Waals surface area contributed by atoms with Gasteiger partial charge in [0.25, 0.3) is 5.91 Å². The van der Waals surface area contributed by atoms with E-state index in [1.807, 2.05) is 22.1 Å². The van der Waals surface area contributed by atoms with Gasteiger partial charge in [-0.05, 0) is 25.0 Å². The summed E-state index contributed by atoms with van der Waals surface area (Å²) in [5.74, 6) is 1.19. The standard InChI is InChI=1S/C18H20N6OS/c25-17(16-23-22-15-6-2-1-3-10-24(15)16)20-9-7-14-12-26-18(21-14)13-5-4-8-19-11-13/h4-5,8,11-12H,1-3,6-7,9-10H2,(H,20,25). The van der Waals surface area contributed by atoms with Gasteiger partial charge < -0.3 is 9.88 Å². The molecule has 0 saturated carbocycles. The predicted molar refractivity (Wildman–Crippen MR) is 99.0 cm³/mol. The van der Waals surface area contributed by atoms with Crippen molar-refractivity contribution in [3.63, 3.8) is 0 Å². The molecule has 1 aliphatic rings. The maximum Gasteiger partial charge on any atom is 0.289 e. The second kappa shape index (κ2) is 7.74. The molecule has 7 nitrogen and oxygen atoms in total. The summed E-state index contributed by atoms with van der Waals surface area (Å²) in [6, 6.07) is 3.90. The molecule has 0 saturated heterocycles. The van der Waals surface area contributed by atoms with Crippen LogP contribution in [0.1, 0.15) is 41.4 Å². The van der Waals surface area contributed by atoms with Gasteiger partial charge in [-0.2, -0.15) is 0 Å². The van der Waals surface area contributed by atoms with Crippen LogP contribution in [0.25, 0.3) is 10.6 Å². The lowest BCUT2D eigenvalue weighted by Gasteiger charge is -2.07. The number of carbonyl (C=O) groups excluding carboxylic acids is 1. The first-order chi connectivity index (χ1) is 12.8. The number of aromatic nitrogens is 5. The van der Waals surface area contributed by atoms with Crippen LogP contribution in [0, 0.1) is 0 Å². The topological polar surface area (TPSA) is 85.6 Å². The number of amides is 1. The summed E-state index contributed by atoms with van der Waals surface area (Å²) < 4.78 is 1.96. The van der Waals surface area contributed by atoms with Crippen LogP contribution in [-0.4, -0.2) is 37.2 Å². The number of thiazole rings is 1. The van der Waals surface area contributed by atoms with Crippen molar-refractivity contribution >= 4 is 17.2 Å². The Morgan fingerprint density at radius 1 is 1.27 bits per heavy atom. The van der Waals surface area contributed by atoms with E-state index in [9.17, 15) is 4.79 Å². The van der Waals surface area contributed by atoms with Crippen molar-refractivity contribution in [2.75, 3.05) is 6.54 Å². The third-order valence-electron chi connectivity index (χ3n) is 4.44. The number of pyridine rings is 1.